The molecule has 6 nitrogen and oxygen atoms in total. The van der Waals surface area contributed by atoms with Crippen molar-refractivity contribution in [3.05, 3.63) is 112 Å². The molecule has 0 aliphatic carbocycles. The number of halogens is 2. The van der Waals surface area contributed by atoms with E-state index in [1.807, 2.05) is 6.07 Å². The van der Waals surface area contributed by atoms with Gasteiger partial charge in [0.15, 0.2) is 5.11 Å². The first kappa shape index (κ1) is 25.2. The highest BCUT2D eigenvalue weighted by molar-refractivity contribution is 7.80. The second-order valence-electron chi connectivity index (χ2n) is 7.53. The minimum absolute atomic E-state index is 0.124. The van der Waals surface area contributed by atoms with E-state index in [0.29, 0.717) is 38.5 Å². The molecule has 0 unspecified atom stereocenters. The van der Waals surface area contributed by atoms with Crippen molar-refractivity contribution in [2.45, 2.75) is 0 Å². The van der Waals surface area contributed by atoms with Gasteiger partial charge in [0.1, 0.15) is 11.5 Å². The molecule has 9 heteroatoms. The van der Waals surface area contributed by atoms with E-state index in [2.05, 4.69) is 16.0 Å². The van der Waals surface area contributed by atoms with Crippen LogP contribution in [0.1, 0.15) is 16.1 Å². The van der Waals surface area contributed by atoms with Crippen LogP contribution in [0.4, 0.5) is 11.4 Å². The summed E-state index contributed by atoms with van der Waals surface area (Å²) in [7, 11) is 0. The summed E-state index contributed by atoms with van der Waals surface area (Å²) < 4.78 is 5.74. The Bertz CT molecular complexity index is 1410. The van der Waals surface area contributed by atoms with Gasteiger partial charge in [0.05, 0.1) is 0 Å². The van der Waals surface area contributed by atoms with Crippen LogP contribution in [0.15, 0.2) is 95.4 Å². The molecule has 3 aromatic carbocycles. The Balaban J connectivity index is 1.28. The van der Waals surface area contributed by atoms with Crippen molar-refractivity contribution in [2.24, 2.45) is 0 Å². The average molecular weight is 536 g/mol. The molecule has 3 N–H and O–H groups in total. The zero-order valence-electron chi connectivity index (χ0n) is 18.6. The van der Waals surface area contributed by atoms with E-state index in [1.54, 1.807) is 78.9 Å². The van der Waals surface area contributed by atoms with Crippen LogP contribution in [0.2, 0.25) is 10.0 Å². The molecule has 4 aromatic rings. The molecule has 0 aliphatic heterocycles. The number of carbonyl (C=O) groups excluding carboxylic acids is 2. The summed E-state index contributed by atoms with van der Waals surface area (Å²) in [6, 6.07) is 24.5. The second kappa shape index (κ2) is 11.7. The summed E-state index contributed by atoms with van der Waals surface area (Å²) in [6.45, 7) is 0. The predicted octanol–water partition coefficient (Wildman–Crippen LogP) is 7.03. The molecule has 0 atom stereocenters. The lowest BCUT2D eigenvalue weighted by Gasteiger charge is -2.10. The Morgan fingerprint density at radius 2 is 1.44 bits per heavy atom. The number of anilines is 2. The van der Waals surface area contributed by atoms with Crippen LogP contribution in [0, 0.1) is 0 Å². The summed E-state index contributed by atoms with van der Waals surface area (Å²) in [5.74, 6) is 0.414. The SMILES string of the molecule is O=C(/C=C/c1ccc(-c2cc(Cl)cc(Cl)c2)o1)NC(=S)Nc1ccc(NC(=O)c2ccccc2)cc1. The van der Waals surface area contributed by atoms with Crippen molar-refractivity contribution >= 4 is 69.8 Å². The molecule has 180 valence electrons. The molecule has 2 amide bonds. The fourth-order valence-electron chi connectivity index (χ4n) is 3.20. The molecule has 1 aromatic heterocycles. The Labute approximate surface area is 222 Å². The van der Waals surface area contributed by atoms with E-state index >= 15 is 0 Å². The van der Waals surface area contributed by atoms with Crippen LogP contribution in [0.25, 0.3) is 17.4 Å². The third kappa shape index (κ3) is 7.05. The summed E-state index contributed by atoms with van der Waals surface area (Å²) in [5, 5.41) is 9.43. The maximum absolute atomic E-state index is 12.2. The van der Waals surface area contributed by atoms with Gasteiger partial charge in [-0.05, 0) is 85.0 Å². The zero-order chi connectivity index (χ0) is 25.5. The first-order chi connectivity index (χ1) is 17.4. The van der Waals surface area contributed by atoms with Gasteiger partial charge in [-0.3, -0.25) is 14.9 Å². The maximum atomic E-state index is 12.2. The van der Waals surface area contributed by atoms with Crippen molar-refractivity contribution < 1.29 is 14.0 Å². The number of carbonyl (C=O) groups is 2. The normalized spacial score (nSPS) is 10.7. The highest BCUT2D eigenvalue weighted by Gasteiger charge is 2.08. The molecule has 0 spiro atoms. The fourth-order valence-corrected chi connectivity index (χ4v) is 3.94. The smallest absolute Gasteiger partial charge is 0.255 e. The topological polar surface area (TPSA) is 83.4 Å². The van der Waals surface area contributed by atoms with E-state index in [4.69, 9.17) is 39.8 Å². The number of hydrogen-bond acceptors (Lipinski definition) is 4. The van der Waals surface area contributed by atoms with E-state index in [-0.39, 0.29) is 11.0 Å². The Kier molecular flexibility index (Phi) is 8.17. The van der Waals surface area contributed by atoms with E-state index in [0.717, 1.165) is 5.56 Å². The zero-order valence-corrected chi connectivity index (χ0v) is 21.0. The van der Waals surface area contributed by atoms with E-state index < -0.39 is 5.91 Å². The number of hydrogen-bond donors (Lipinski definition) is 3. The molecule has 0 bridgehead atoms. The number of rotatable bonds is 6. The maximum Gasteiger partial charge on any atom is 0.255 e. The third-order valence-electron chi connectivity index (χ3n) is 4.85. The first-order valence-corrected chi connectivity index (χ1v) is 11.8. The summed E-state index contributed by atoms with van der Waals surface area (Å²) in [4.78, 5) is 24.5. The third-order valence-corrected chi connectivity index (χ3v) is 5.49. The standard InChI is InChI=1S/C27H19Cl2N3O3S/c28-19-14-18(15-20(29)16-19)24-12-10-23(35-24)11-13-25(33)32-27(36)31-22-8-6-21(7-9-22)30-26(34)17-4-2-1-3-5-17/h1-16H,(H,30,34)(H2,31,32,33,36)/b13-11+. The van der Waals surface area contributed by atoms with Gasteiger partial charge in [-0.2, -0.15) is 0 Å². The summed E-state index contributed by atoms with van der Waals surface area (Å²) in [6.07, 6.45) is 2.83. The van der Waals surface area contributed by atoms with Crippen LogP contribution < -0.4 is 16.0 Å². The van der Waals surface area contributed by atoms with Crippen LogP contribution in [-0.4, -0.2) is 16.9 Å². The number of amides is 2. The fraction of sp³-hybridized carbons (Fsp3) is 0. The molecule has 36 heavy (non-hydrogen) atoms. The van der Waals surface area contributed by atoms with Gasteiger partial charge in [-0.25, -0.2) is 0 Å². The largest absolute Gasteiger partial charge is 0.457 e. The molecule has 0 radical (unpaired) electrons. The minimum atomic E-state index is -0.428. The Hall–Kier alpha value is -3.91. The lowest BCUT2D eigenvalue weighted by atomic mass is 10.2. The Morgan fingerprint density at radius 3 is 2.11 bits per heavy atom. The van der Waals surface area contributed by atoms with Gasteiger partial charge in [-0.15, -0.1) is 0 Å². The van der Waals surface area contributed by atoms with Crippen LogP contribution in [0.5, 0.6) is 0 Å². The first-order valence-electron chi connectivity index (χ1n) is 10.7. The van der Waals surface area contributed by atoms with Gasteiger partial charge in [0, 0.05) is 38.6 Å². The Morgan fingerprint density at radius 1 is 0.806 bits per heavy atom. The number of furan rings is 1. The van der Waals surface area contributed by atoms with Crippen LogP contribution >= 0.6 is 35.4 Å². The lowest BCUT2D eigenvalue weighted by molar-refractivity contribution is -0.115. The van der Waals surface area contributed by atoms with Crippen LogP contribution in [0.3, 0.4) is 0 Å². The van der Waals surface area contributed by atoms with Gasteiger partial charge >= 0.3 is 0 Å². The number of thiocarbonyl (C=S) groups is 1. The van der Waals surface area contributed by atoms with Gasteiger partial charge in [0.25, 0.3) is 5.91 Å². The van der Waals surface area contributed by atoms with E-state index in [9.17, 15) is 9.59 Å². The van der Waals surface area contributed by atoms with E-state index in [1.165, 1.54) is 12.2 Å². The van der Waals surface area contributed by atoms with Gasteiger partial charge in [-0.1, -0.05) is 41.4 Å². The van der Waals surface area contributed by atoms with Gasteiger partial charge in [0.2, 0.25) is 5.91 Å². The lowest BCUT2D eigenvalue weighted by Crippen LogP contribution is -2.32. The summed E-state index contributed by atoms with van der Waals surface area (Å²) in [5.41, 5.74) is 2.58. The minimum Gasteiger partial charge on any atom is -0.457 e. The van der Waals surface area contributed by atoms with Crippen molar-refractivity contribution in [1.29, 1.82) is 0 Å². The molecule has 0 saturated carbocycles. The molecular formula is C27H19Cl2N3O3S. The quantitative estimate of drug-likeness (QED) is 0.182. The van der Waals surface area contributed by atoms with Crippen molar-refractivity contribution in [1.82, 2.24) is 5.32 Å². The molecule has 0 fully saturated rings. The molecule has 0 aliphatic rings. The van der Waals surface area contributed by atoms with Crippen molar-refractivity contribution in [3.8, 4) is 11.3 Å². The predicted molar refractivity (Wildman–Crippen MR) is 148 cm³/mol. The second-order valence-corrected chi connectivity index (χ2v) is 8.82. The molecular weight excluding hydrogens is 517 g/mol. The monoisotopic (exact) mass is 535 g/mol. The van der Waals surface area contributed by atoms with Crippen molar-refractivity contribution in [2.75, 3.05) is 10.6 Å². The van der Waals surface area contributed by atoms with Crippen LogP contribution in [-0.2, 0) is 4.79 Å². The molecule has 1 heterocycles. The number of benzene rings is 3. The van der Waals surface area contributed by atoms with Gasteiger partial charge < -0.3 is 15.1 Å². The highest BCUT2D eigenvalue weighted by atomic mass is 35.5. The summed E-state index contributed by atoms with van der Waals surface area (Å²) >= 11 is 17.3. The average Bonchev–Trinajstić information content (AvgIpc) is 3.33. The highest BCUT2D eigenvalue weighted by Crippen LogP contribution is 2.29. The van der Waals surface area contributed by atoms with Crippen molar-refractivity contribution in [3.63, 3.8) is 0 Å². The molecule has 4 rings (SSSR count). The molecule has 0 saturated heterocycles. The number of nitrogens with one attached hydrogen (secondary N) is 3.